The van der Waals surface area contributed by atoms with Crippen LogP contribution < -0.4 is 12.5 Å². The van der Waals surface area contributed by atoms with Crippen molar-refractivity contribution in [2.45, 2.75) is 0 Å². The number of hydrogen-bond acceptors (Lipinski definition) is 6. The molecule has 0 N–H and O–H groups in total. The molecule has 6 nitrogen and oxygen atoms in total. The third kappa shape index (κ3) is 242. The van der Waals surface area contributed by atoms with Crippen molar-refractivity contribution in [2.75, 3.05) is 0 Å². The van der Waals surface area contributed by atoms with Crippen LogP contribution in [0, 0.1) is 41.3 Å². The summed E-state index contributed by atoms with van der Waals surface area (Å²) in [7, 11) is 0. The average Bonchev–Trinajstić information content (AvgIpc) is 1.70. The monoisotopic (exact) mass is 318 g/mol. The number of hydrogen-bond donors (Lipinski definition) is 0. The molecule has 0 amide bonds. The molecule has 0 saturated heterocycles. The van der Waals surface area contributed by atoms with Crippen molar-refractivity contribution in [2.24, 2.45) is 0 Å². The maximum Gasteiger partial charge on any atom is 3.00 e. The topological polar surface area (TPSA) is 120 Å². The minimum Gasteiger partial charge on any atom is 3.00 e. The van der Waals surface area contributed by atoms with Crippen molar-refractivity contribution < 1.29 is 65.2 Å². The van der Waals surface area contributed by atoms with Crippen LogP contribution in [-0.2, 0) is 11.4 Å². The molecule has 10 heteroatoms. The van der Waals surface area contributed by atoms with Crippen LogP contribution in [0.3, 0.4) is 0 Å². The van der Waals surface area contributed by atoms with Gasteiger partial charge in [-0.25, -0.2) is 0 Å². The molecule has 0 aromatic heterocycles. The molecule has 0 atom stereocenters. The van der Waals surface area contributed by atoms with E-state index in [9.17, 15) is 0 Å². The summed E-state index contributed by atoms with van der Waals surface area (Å²) in [6.45, 7) is 0. The third-order valence-electron chi connectivity index (χ3n) is 0. The van der Waals surface area contributed by atoms with Gasteiger partial charge in [0.2, 0.25) is 0 Å². The van der Waals surface area contributed by atoms with Crippen molar-refractivity contribution in [3.63, 3.8) is 0 Å². The van der Waals surface area contributed by atoms with Crippen LogP contribution in [0.1, 0.15) is 0 Å². The van der Waals surface area contributed by atoms with Crippen molar-refractivity contribution in [1.82, 2.24) is 0 Å². The Hall–Kier alpha value is 1.76. The van der Waals surface area contributed by atoms with E-state index in [2.05, 4.69) is 0 Å². The van der Waals surface area contributed by atoms with Crippen LogP contribution in [0.2, 0.25) is 0 Å². The Balaban J connectivity index is -0.0000000257. The second kappa shape index (κ2) is 45.2. The number of rotatable bonds is 0. The van der Waals surface area contributed by atoms with E-state index >= 15 is 0 Å². The molecule has 0 spiro atoms. The van der Waals surface area contributed by atoms with Crippen LogP contribution >= 0.6 is 0 Å². The summed E-state index contributed by atoms with van der Waals surface area (Å²) in [6.07, 6.45) is 0. The van der Waals surface area contributed by atoms with Crippen LogP contribution in [0.4, 0.5) is 0 Å². The van der Waals surface area contributed by atoms with Gasteiger partial charge in [0.15, 0.2) is 0 Å². The Labute approximate surface area is 110 Å². The standard InChI is InChI=1S/3Al.6O.Pr/q;;;;;;3*-1;+3. The summed E-state index contributed by atoms with van der Waals surface area (Å²) < 4.78 is 50.8. The summed E-state index contributed by atoms with van der Waals surface area (Å²) in [5.74, 6) is 0. The summed E-state index contributed by atoms with van der Waals surface area (Å²) in [4.78, 5) is 0. The molecule has 0 aliphatic carbocycles. The largest absolute Gasteiger partial charge is 3.00 e. The van der Waals surface area contributed by atoms with E-state index < -0.39 is 46.5 Å². The SMILES string of the molecule is [O]=[Al][O-].[O]=[Al][O-].[O]=[Al][O-].[Pr+3]. The normalized spacial score (nSPS) is 2.40. The molecule has 0 aromatic rings. The van der Waals surface area contributed by atoms with Gasteiger partial charge in [-0.15, -0.1) is 0 Å². The molecule has 0 radical (unpaired) electrons. The smallest absolute Gasteiger partial charge is 3.00 e. The Bertz CT molecular complexity index is 49.7. The van der Waals surface area contributed by atoms with Crippen molar-refractivity contribution in [3.8, 4) is 0 Å². The molecule has 0 rings (SSSR count). The Kier molecular flexibility index (Phi) is 102. The maximum absolute atomic E-state index is 8.46. The first-order chi connectivity index (χ1) is 4.24. The van der Waals surface area contributed by atoms with Gasteiger partial charge >= 0.3 is 112 Å². The Morgan fingerprint density at radius 3 is 0.700 bits per heavy atom. The molecule has 0 bridgehead atoms. The molecule has 0 heterocycles. The molecule has 0 saturated carbocycles. The molecular weight excluding hydrogens is 318 g/mol. The first-order valence-corrected chi connectivity index (χ1v) is 4.24. The average molecular weight is 318 g/mol. The zero-order valence-electron chi connectivity index (χ0n) is 4.76. The Morgan fingerprint density at radius 1 is 0.700 bits per heavy atom. The molecule has 10 heavy (non-hydrogen) atoms. The van der Waals surface area contributed by atoms with Gasteiger partial charge < -0.3 is 0 Å². The summed E-state index contributed by atoms with van der Waals surface area (Å²) in [6, 6.07) is 0. The molecule has 48 valence electrons. The molecule has 0 fully saturated rings. The zero-order chi connectivity index (χ0) is 8.12. The predicted octanol–water partition coefficient (Wildman–Crippen LogP) is -5.07. The van der Waals surface area contributed by atoms with E-state index in [-0.39, 0.29) is 41.3 Å². The van der Waals surface area contributed by atoms with Gasteiger partial charge in [-0.05, 0) is 0 Å². The minimum atomic E-state index is -1.75. The van der Waals surface area contributed by atoms with Crippen LogP contribution in [0.15, 0.2) is 0 Å². The van der Waals surface area contributed by atoms with Crippen LogP contribution in [0.5, 0.6) is 0 Å². The van der Waals surface area contributed by atoms with E-state index in [4.69, 9.17) is 23.9 Å². The second-order valence-corrected chi connectivity index (χ2v) is 0.866. The van der Waals surface area contributed by atoms with Gasteiger partial charge in [-0.3, -0.25) is 0 Å². The van der Waals surface area contributed by atoms with E-state index in [1.54, 1.807) is 0 Å². The second-order valence-electron chi connectivity index (χ2n) is 0.289. The summed E-state index contributed by atoms with van der Waals surface area (Å²) in [5.41, 5.74) is 0. The third-order valence-corrected chi connectivity index (χ3v) is 0. The fourth-order valence-electron chi connectivity index (χ4n) is 0. The summed E-state index contributed by atoms with van der Waals surface area (Å²) >= 11 is -5.25. The molecule has 0 aromatic carbocycles. The van der Waals surface area contributed by atoms with Gasteiger partial charge in [0.1, 0.15) is 0 Å². The van der Waals surface area contributed by atoms with Crippen molar-refractivity contribution in [3.05, 3.63) is 0 Å². The minimum absolute atomic E-state index is 0. The van der Waals surface area contributed by atoms with Crippen LogP contribution in [-0.4, -0.2) is 46.5 Å². The summed E-state index contributed by atoms with van der Waals surface area (Å²) in [5, 5.41) is 0. The first-order valence-electron chi connectivity index (χ1n) is 1.41. The van der Waals surface area contributed by atoms with E-state index in [0.717, 1.165) is 0 Å². The molecule has 0 unspecified atom stereocenters. The van der Waals surface area contributed by atoms with E-state index in [1.807, 2.05) is 0 Å². The fraction of sp³-hybridized carbons (Fsp3) is 0. The van der Waals surface area contributed by atoms with Crippen molar-refractivity contribution >= 4 is 46.5 Å². The van der Waals surface area contributed by atoms with E-state index in [1.165, 1.54) is 0 Å². The van der Waals surface area contributed by atoms with Gasteiger partial charge in [0.25, 0.3) is 0 Å². The van der Waals surface area contributed by atoms with E-state index in [0.29, 0.717) is 0 Å². The first kappa shape index (κ1) is 22.6. The van der Waals surface area contributed by atoms with Crippen molar-refractivity contribution in [1.29, 1.82) is 0 Å². The molecule has 0 aliphatic heterocycles. The van der Waals surface area contributed by atoms with Gasteiger partial charge in [0, 0.05) is 0 Å². The Morgan fingerprint density at radius 2 is 0.700 bits per heavy atom. The van der Waals surface area contributed by atoms with Gasteiger partial charge in [-0.2, -0.15) is 0 Å². The zero-order valence-corrected chi connectivity index (χ0v) is 11.9. The predicted molar refractivity (Wildman–Crippen MR) is 19.3 cm³/mol. The quantitative estimate of drug-likeness (QED) is 0.412. The maximum atomic E-state index is 8.46. The molecular formula is Al3O6Pr. The molecule has 0 aliphatic rings. The van der Waals surface area contributed by atoms with Crippen LogP contribution in [0.25, 0.3) is 0 Å². The van der Waals surface area contributed by atoms with Gasteiger partial charge in [0.05, 0.1) is 0 Å². The van der Waals surface area contributed by atoms with Gasteiger partial charge in [-0.1, -0.05) is 0 Å². The fourth-order valence-corrected chi connectivity index (χ4v) is 0.